The molecule has 0 aliphatic carbocycles. The molecule has 1 unspecified atom stereocenters. The summed E-state index contributed by atoms with van der Waals surface area (Å²) < 4.78 is 5.35. The Morgan fingerprint density at radius 3 is 2.36 bits per heavy atom. The summed E-state index contributed by atoms with van der Waals surface area (Å²) in [7, 11) is 1.37. The largest absolute Gasteiger partial charge is 0.444 e. The van der Waals surface area contributed by atoms with E-state index in [1.807, 2.05) is 0 Å². The van der Waals surface area contributed by atoms with E-state index in [-0.39, 0.29) is 11.3 Å². The number of esters is 1. The molecular weight excluding hydrogens is 322 g/mol. The van der Waals surface area contributed by atoms with E-state index in [1.165, 1.54) is 13.1 Å². The van der Waals surface area contributed by atoms with Crippen molar-refractivity contribution >= 4 is 23.6 Å². The zero-order valence-corrected chi connectivity index (χ0v) is 13.9. The van der Waals surface area contributed by atoms with Crippen LogP contribution in [0.15, 0.2) is 48.5 Å². The van der Waals surface area contributed by atoms with Crippen molar-refractivity contribution in [3.05, 3.63) is 65.2 Å². The van der Waals surface area contributed by atoms with Crippen LogP contribution in [0.25, 0.3) is 0 Å². The van der Waals surface area contributed by atoms with Crippen molar-refractivity contribution in [2.24, 2.45) is 0 Å². The Kier molecular flexibility index (Phi) is 5.73. The number of carbonyl (C=O) groups excluding carboxylic acids is 3. The second-order valence-electron chi connectivity index (χ2n) is 5.30. The number of benzene rings is 2. The smallest absolute Gasteiger partial charge is 0.341 e. The Labute approximate surface area is 145 Å². The highest BCUT2D eigenvalue weighted by Gasteiger charge is 2.27. The molecule has 1 atom stereocenters. The maximum absolute atomic E-state index is 12.5. The molecule has 0 heterocycles. The van der Waals surface area contributed by atoms with E-state index in [4.69, 9.17) is 10.5 Å². The third-order valence-corrected chi connectivity index (χ3v) is 3.57. The summed E-state index contributed by atoms with van der Waals surface area (Å²) in [5, 5.41) is 4.39. The number of rotatable bonds is 4. The van der Waals surface area contributed by atoms with Crippen LogP contribution in [-0.4, -0.2) is 25.0 Å². The molecule has 2 aromatic carbocycles. The summed E-state index contributed by atoms with van der Waals surface area (Å²) >= 11 is 0. The van der Waals surface area contributed by atoms with Gasteiger partial charge in [0.1, 0.15) is 0 Å². The first-order valence-corrected chi connectivity index (χ1v) is 7.57. The van der Waals surface area contributed by atoms with Crippen molar-refractivity contribution in [1.82, 2.24) is 10.6 Å². The molecule has 0 bridgehead atoms. The second-order valence-corrected chi connectivity index (χ2v) is 5.30. The van der Waals surface area contributed by atoms with Gasteiger partial charge in [-0.25, -0.2) is 9.59 Å². The Bertz CT molecular complexity index is 790. The van der Waals surface area contributed by atoms with E-state index < -0.39 is 24.0 Å². The molecule has 0 spiro atoms. The minimum Gasteiger partial charge on any atom is -0.444 e. The van der Waals surface area contributed by atoms with Crippen LogP contribution in [0.3, 0.4) is 0 Å². The predicted molar refractivity (Wildman–Crippen MR) is 92.8 cm³/mol. The van der Waals surface area contributed by atoms with Gasteiger partial charge in [0, 0.05) is 18.3 Å². The van der Waals surface area contributed by atoms with Crippen LogP contribution < -0.4 is 16.4 Å². The van der Waals surface area contributed by atoms with Crippen LogP contribution in [0, 0.1) is 6.92 Å². The van der Waals surface area contributed by atoms with Gasteiger partial charge in [0.2, 0.25) is 6.10 Å². The molecule has 3 amide bonds. The number of imide groups is 1. The first kappa shape index (κ1) is 18.0. The summed E-state index contributed by atoms with van der Waals surface area (Å²) in [5.41, 5.74) is 7.51. The lowest BCUT2D eigenvalue weighted by molar-refractivity contribution is -0.129. The lowest BCUT2D eigenvalue weighted by atomic mass is 10.1. The first-order valence-electron chi connectivity index (χ1n) is 7.57. The number of ether oxygens (including phenoxy) is 1. The number of hydrogen-bond donors (Lipinski definition) is 3. The molecule has 0 saturated heterocycles. The van der Waals surface area contributed by atoms with E-state index in [0.29, 0.717) is 5.56 Å². The maximum atomic E-state index is 12.5. The van der Waals surface area contributed by atoms with Crippen LogP contribution >= 0.6 is 0 Å². The normalized spacial score (nSPS) is 11.3. The van der Waals surface area contributed by atoms with E-state index in [0.717, 1.165) is 5.56 Å². The van der Waals surface area contributed by atoms with Crippen LogP contribution in [0.2, 0.25) is 0 Å². The summed E-state index contributed by atoms with van der Waals surface area (Å²) in [5.74, 6) is -1.51. The average molecular weight is 341 g/mol. The van der Waals surface area contributed by atoms with Gasteiger partial charge >= 0.3 is 12.0 Å². The summed E-state index contributed by atoms with van der Waals surface area (Å²) in [4.78, 5) is 36.2. The molecule has 0 aromatic heterocycles. The number of hydrogen-bond acceptors (Lipinski definition) is 5. The van der Waals surface area contributed by atoms with Gasteiger partial charge in [-0.05, 0) is 18.6 Å². The summed E-state index contributed by atoms with van der Waals surface area (Å²) in [6.45, 7) is 1.76. The highest BCUT2D eigenvalue weighted by atomic mass is 16.5. The number of nitrogens with one attached hydrogen (secondary N) is 2. The molecule has 2 rings (SSSR count). The first-order chi connectivity index (χ1) is 11.9. The van der Waals surface area contributed by atoms with Gasteiger partial charge in [-0.3, -0.25) is 10.1 Å². The molecule has 2 aromatic rings. The number of aryl methyl sites for hydroxylation is 1. The minimum atomic E-state index is -1.29. The fourth-order valence-corrected chi connectivity index (χ4v) is 2.17. The lowest BCUT2D eigenvalue weighted by Gasteiger charge is -2.18. The summed E-state index contributed by atoms with van der Waals surface area (Å²) in [6.07, 6.45) is -1.29. The zero-order chi connectivity index (χ0) is 18.4. The molecule has 0 aliphatic rings. The van der Waals surface area contributed by atoms with E-state index in [2.05, 4.69) is 10.6 Å². The fourth-order valence-electron chi connectivity index (χ4n) is 2.17. The van der Waals surface area contributed by atoms with Gasteiger partial charge in [-0.2, -0.15) is 0 Å². The minimum absolute atomic E-state index is 0.161. The second kappa shape index (κ2) is 7.96. The fraction of sp³-hybridized carbons (Fsp3) is 0.167. The van der Waals surface area contributed by atoms with Crippen molar-refractivity contribution in [3.8, 4) is 0 Å². The van der Waals surface area contributed by atoms with Gasteiger partial charge in [-0.1, -0.05) is 42.5 Å². The molecule has 0 saturated carbocycles. The predicted octanol–water partition coefficient (Wildman–Crippen LogP) is 1.93. The third kappa shape index (κ3) is 4.35. The number of carbonyl (C=O) groups is 3. The van der Waals surface area contributed by atoms with Crippen LogP contribution in [0.5, 0.6) is 0 Å². The molecule has 25 heavy (non-hydrogen) atoms. The molecule has 0 fully saturated rings. The van der Waals surface area contributed by atoms with Crippen LogP contribution in [0.4, 0.5) is 10.5 Å². The lowest BCUT2D eigenvalue weighted by Crippen LogP contribution is -2.41. The molecule has 0 radical (unpaired) electrons. The Hall–Kier alpha value is -3.35. The molecular formula is C18H19N3O4. The van der Waals surface area contributed by atoms with Crippen LogP contribution in [-0.2, 0) is 9.53 Å². The van der Waals surface area contributed by atoms with Gasteiger partial charge in [0.05, 0.1) is 5.56 Å². The van der Waals surface area contributed by atoms with E-state index in [9.17, 15) is 14.4 Å². The molecule has 7 heteroatoms. The third-order valence-electron chi connectivity index (χ3n) is 3.57. The number of amides is 3. The van der Waals surface area contributed by atoms with Crippen molar-refractivity contribution in [3.63, 3.8) is 0 Å². The van der Waals surface area contributed by atoms with Crippen LogP contribution in [0.1, 0.15) is 27.6 Å². The van der Waals surface area contributed by atoms with Gasteiger partial charge in [0.25, 0.3) is 5.91 Å². The molecule has 130 valence electrons. The van der Waals surface area contributed by atoms with Gasteiger partial charge < -0.3 is 15.8 Å². The number of urea groups is 1. The topological polar surface area (TPSA) is 111 Å². The standard InChI is InChI=1S/C18H19N3O4/c1-11-7-6-10-13(14(11)19)17(23)25-15(12-8-4-3-5-9-12)16(22)21-18(24)20-2/h3-10,15H,19H2,1-2H3,(H2,20,21,22,24). The number of nitrogens with two attached hydrogens (primary N) is 1. The van der Waals surface area contributed by atoms with Crippen molar-refractivity contribution in [2.45, 2.75) is 13.0 Å². The van der Waals surface area contributed by atoms with Crippen molar-refractivity contribution in [1.29, 1.82) is 0 Å². The van der Waals surface area contributed by atoms with Gasteiger partial charge in [0.15, 0.2) is 0 Å². The molecule has 7 nitrogen and oxygen atoms in total. The molecule has 0 aliphatic heterocycles. The average Bonchev–Trinajstić information content (AvgIpc) is 2.62. The Morgan fingerprint density at radius 1 is 1.04 bits per heavy atom. The van der Waals surface area contributed by atoms with E-state index >= 15 is 0 Å². The maximum Gasteiger partial charge on any atom is 0.341 e. The number of nitrogen functional groups attached to an aromatic ring is 1. The van der Waals surface area contributed by atoms with E-state index in [1.54, 1.807) is 49.4 Å². The monoisotopic (exact) mass is 341 g/mol. The zero-order valence-electron chi connectivity index (χ0n) is 13.9. The Balaban J connectivity index is 2.30. The SMILES string of the molecule is CNC(=O)NC(=O)C(OC(=O)c1cccc(C)c1N)c1ccccc1. The highest BCUT2D eigenvalue weighted by molar-refractivity contribution is 6.00. The van der Waals surface area contributed by atoms with Crippen molar-refractivity contribution in [2.75, 3.05) is 12.8 Å². The van der Waals surface area contributed by atoms with Gasteiger partial charge in [-0.15, -0.1) is 0 Å². The number of para-hydroxylation sites is 1. The molecule has 4 N–H and O–H groups in total. The Morgan fingerprint density at radius 2 is 1.72 bits per heavy atom. The quantitative estimate of drug-likeness (QED) is 0.581. The van der Waals surface area contributed by atoms with Crippen molar-refractivity contribution < 1.29 is 19.1 Å². The number of anilines is 1. The summed E-state index contributed by atoms with van der Waals surface area (Å²) in [6, 6.07) is 12.7. The highest BCUT2D eigenvalue weighted by Crippen LogP contribution is 2.23.